The molecule has 2 aromatic rings. The van der Waals surface area contributed by atoms with Gasteiger partial charge in [-0.3, -0.25) is 14.6 Å². The van der Waals surface area contributed by atoms with Crippen molar-refractivity contribution in [2.75, 3.05) is 19.6 Å². The Kier molecular flexibility index (Phi) is 8.60. The Morgan fingerprint density at radius 2 is 1.69 bits per heavy atom. The van der Waals surface area contributed by atoms with Crippen LogP contribution >= 0.6 is 11.6 Å². The molecule has 0 bridgehead atoms. The van der Waals surface area contributed by atoms with Crippen molar-refractivity contribution in [2.24, 2.45) is 0 Å². The van der Waals surface area contributed by atoms with E-state index in [1.165, 1.54) is 22.5 Å². The maximum absolute atomic E-state index is 13.1. The second-order valence-corrected chi connectivity index (χ2v) is 9.92. The Morgan fingerprint density at radius 1 is 1.00 bits per heavy atom. The molecule has 0 aliphatic carbocycles. The molecule has 3 rings (SSSR count). The maximum Gasteiger partial charge on any atom is 0.251 e. The average Bonchev–Trinajstić information content (AvgIpc) is 3.09. The van der Waals surface area contributed by atoms with Gasteiger partial charge in [-0.05, 0) is 48.7 Å². The second-order valence-electron chi connectivity index (χ2n) is 7.60. The van der Waals surface area contributed by atoms with Crippen molar-refractivity contribution in [2.45, 2.75) is 43.5 Å². The van der Waals surface area contributed by atoms with Crippen LogP contribution in [0.4, 0.5) is 0 Å². The molecule has 0 spiro atoms. The van der Waals surface area contributed by atoms with Crippen LogP contribution in [0.5, 0.6) is 0 Å². The van der Waals surface area contributed by atoms with Crippen molar-refractivity contribution in [3.05, 3.63) is 58.9 Å². The average molecular weight is 479 g/mol. The molecular weight excluding hydrogens is 452 g/mol. The molecule has 8 nitrogen and oxygen atoms in total. The summed E-state index contributed by atoms with van der Waals surface area (Å²) in [5.74, 6) is -0.668. The summed E-state index contributed by atoms with van der Waals surface area (Å²) < 4.78 is 27.6. The predicted octanol–water partition coefficient (Wildman–Crippen LogP) is 2.74. The number of rotatable bonds is 8. The largest absolute Gasteiger partial charge is 0.352 e. The van der Waals surface area contributed by atoms with E-state index in [4.69, 9.17) is 11.6 Å². The first-order valence-corrected chi connectivity index (χ1v) is 12.4. The number of sulfonamides is 1. The number of amides is 2. The van der Waals surface area contributed by atoms with E-state index in [9.17, 15) is 18.0 Å². The van der Waals surface area contributed by atoms with Crippen molar-refractivity contribution in [3.63, 3.8) is 0 Å². The third-order valence-electron chi connectivity index (χ3n) is 5.25. The second kappa shape index (κ2) is 11.4. The van der Waals surface area contributed by atoms with E-state index in [1.54, 1.807) is 24.5 Å². The molecule has 1 aliphatic rings. The zero-order chi connectivity index (χ0) is 23.0. The smallest absolute Gasteiger partial charge is 0.251 e. The summed E-state index contributed by atoms with van der Waals surface area (Å²) >= 11 is 6.18. The van der Waals surface area contributed by atoms with Crippen LogP contribution in [0.2, 0.25) is 5.02 Å². The van der Waals surface area contributed by atoms with E-state index in [0.29, 0.717) is 19.6 Å². The number of pyridine rings is 1. The molecule has 1 fully saturated rings. The molecule has 1 saturated heterocycles. The van der Waals surface area contributed by atoms with Gasteiger partial charge >= 0.3 is 0 Å². The van der Waals surface area contributed by atoms with Crippen LogP contribution in [-0.4, -0.2) is 49.2 Å². The molecule has 1 aromatic heterocycles. The summed E-state index contributed by atoms with van der Waals surface area (Å²) in [6.07, 6.45) is 7.00. The summed E-state index contributed by atoms with van der Waals surface area (Å²) in [7, 11) is -3.79. The van der Waals surface area contributed by atoms with Crippen LogP contribution in [0.3, 0.4) is 0 Å². The zero-order valence-corrected chi connectivity index (χ0v) is 19.3. The SMILES string of the molecule is O=C(CCNC(=O)c1ccc(Cl)c(S(=O)(=O)N2CCCCCC2)c1)NCc1ccncc1. The lowest BCUT2D eigenvalue weighted by atomic mass is 10.2. The topological polar surface area (TPSA) is 108 Å². The lowest BCUT2D eigenvalue weighted by Gasteiger charge is -2.21. The maximum atomic E-state index is 13.1. The molecule has 172 valence electrons. The molecule has 1 aliphatic heterocycles. The number of benzene rings is 1. The molecule has 2 amide bonds. The number of nitrogens with one attached hydrogen (secondary N) is 2. The van der Waals surface area contributed by atoms with Crippen molar-refractivity contribution in [1.29, 1.82) is 0 Å². The van der Waals surface area contributed by atoms with Crippen molar-refractivity contribution in [3.8, 4) is 0 Å². The van der Waals surface area contributed by atoms with Gasteiger partial charge < -0.3 is 10.6 Å². The molecule has 2 heterocycles. The fourth-order valence-electron chi connectivity index (χ4n) is 3.44. The van der Waals surface area contributed by atoms with Gasteiger partial charge in [0, 0.05) is 50.6 Å². The molecule has 0 radical (unpaired) electrons. The third kappa shape index (κ3) is 6.51. The minimum absolute atomic E-state index is 0.0659. The quantitative estimate of drug-likeness (QED) is 0.606. The summed E-state index contributed by atoms with van der Waals surface area (Å²) in [5.41, 5.74) is 1.11. The third-order valence-corrected chi connectivity index (χ3v) is 7.63. The number of carbonyl (C=O) groups excluding carboxylic acids is 2. The lowest BCUT2D eigenvalue weighted by molar-refractivity contribution is -0.121. The number of aromatic nitrogens is 1. The molecule has 2 N–H and O–H groups in total. The molecule has 1 aromatic carbocycles. The molecule has 0 saturated carbocycles. The van der Waals surface area contributed by atoms with E-state index in [0.717, 1.165) is 31.2 Å². The number of halogens is 1. The minimum Gasteiger partial charge on any atom is -0.352 e. The van der Waals surface area contributed by atoms with Gasteiger partial charge in [0.25, 0.3) is 5.91 Å². The van der Waals surface area contributed by atoms with E-state index in [1.807, 2.05) is 0 Å². The highest BCUT2D eigenvalue weighted by Gasteiger charge is 2.28. The molecule has 0 unspecified atom stereocenters. The highest BCUT2D eigenvalue weighted by molar-refractivity contribution is 7.89. The minimum atomic E-state index is -3.79. The van der Waals surface area contributed by atoms with Gasteiger partial charge in [-0.1, -0.05) is 24.4 Å². The highest BCUT2D eigenvalue weighted by atomic mass is 35.5. The Hall–Kier alpha value is -2.49. The highest BCUT2D eigenvalue weighted by Crippen LogP contribution is 2.27. The zero-order valence-electron chi connectivity index (χ0n) is 17.7. The Morgan fingerprint density at radius 3 is 2.38 bits per heavy atom. The Bertz CT molecular complexity index is 1040. The number of nitrogens with zero attached hydrogens (tertiary/aromatic N) is 2. The van der Waals surface area contributed by atoms with Gasteiger partial charge in [0.1, 0.15) is 4.90 Å². The standard InChI is InChI=1S/C22H27ClN4O4S/c23-19-6-5-18(15-20(19)32(30,31)27-13-3-1-2-4-14-27)22(29)25-12-9-21(28)26-16-17-7-10-24-11-8-17/h5-8,10-11,15H,1-4,9,12-14,16H2,(H,25,29)(H,26,28). The first-order chi connectivity index (χ1) is 15.4. The predicted molar refractivity (Wildman–Crippen MR) is 122 cm³/mol. The first kappa shape index (κ1) is 24.2. The molecule has 10 heteroatoms. The number of hydrogen-bond donors (Lipinski definition) is 2. The van der Waals surface area contributed by atoms with Gasteiger partial charge in [-0.25, -0.2) is 8.42 Å². The summed E-state index contributed by atoms with van der Waals surface area (Å²) in [5, 5.41) is 5.51. The molecular formula is C22H27ClN4O4S. The van der Waals surface area contributed by atoms with Crippen LogP contribution < -0.4 is 10.6 Å². The monoisotopic (exact) mass is 478 g/mol. The van der Waals surface area contributed by atoms with Crippen LogP contribution in [0, 0.1) is 0 Å². The van der Waals surface area contributed by atoms with Gasteiger partial charge in [-0.2, -0.15) is 4.31 Å². The van der Waals surface area contributed by atoms with E-state index in [-0.39, 0.29) is 34.4 Å². The normalized spacial score (nSPS) is 15.0. The van der Waals surface area contributed by atoms with Gasteiger partial charge in [-0.15, -0.1) is 0 Å². The van der Waals surface area contributed by atoms with E-state index >= 15 is 0 Å². The van der Waals surface area contributed by atoms with Crippen molar-refractivity contribution < 1.29 is 18.0 Å². The van der Waals surface area contributed by atoms with Gasteiger partial charge in [0.2, 0.25) is 15.9 Å². The van der Waals surface area contributed by atoms with Crippen LogP contribution in [-0.2, 0) is 21.4 Å². The van der Waals surface area contributed by atoms with Crippen molar-refractivity contribution in [1.82, 2.24) is 19.9 Å². The van der Waals surface area contributed by atoms with E-state index < -0.39 is 15.9 Å². The Labute approximate surface area is 193 Å². The fraction of sp³-hybridized carbons (Fsp3) is 0.409. The first-order valence-electron chi connectivity index (χ1n) is 10.6. The van der Waals surface area contributed by atoms with Crippen molar-refractivity contribution >= 4 is 33.4 Å². The fourth-order valence-corrected chi connectivity index (χ4v) is 5.46. The molecule has 32 heavy (non-hydrogen) atoms. The van der Waals surface area contributed by atoms with Crippen LogP contribution in [0.1, 0.15) is 48.0 Å². The van der Waals surface area contributed by atoms with Gasteiger partial charge in [0.15, 0.2) is 0 Å². The van der Waals surface area contributed by atoms with Crippen LogP contribution in [0.25, 0.3) is 0 Å². The summed E-state index contributed by atoms with van der Waals surface area (Å²) in [6, 6.07) is 7.81. The summed E-state index contributed by atoms with van der Waals surface area (Å²) in [6.45, 7) is 1.40. The van der Waals surface area contributed by atoms with Gasteiger partial charge in [0.05, 0.1) is 5.02 Å². The number of hydrogen-bond acceptors (Lipinski definition) is 5. The number of carbonyl (C=O) groups is 2. The van der Waals surface area contributed by atoms with Crippen LogP contribution in [0.15, 0.2) is 47.6 Å². The summed E-state index contributed by atoms with van der Waals surface area (Å²) in [4.78, 5) is 28.4. The Balaban J connectivity index is 1.57. The van der Waals surface area contributed by atoms with E-state index in [2.05, 4.69) is 15.6 Å². The molecule has 0 atom stereocenters. The lowest BCUT2D eigenvalue weighted by Crippen LogP contribution is -2.33.